The summed E-state index contributed by atoms with van der Waals surface area (Å²) in [5.74, 6) is -0.862. The van der Waals surface area contributed by atoms with Gasteiger partial charge in [-0.15, -0.1) is 10.2 Å². The summed E-state index contributed by atoms with van der Waals surface area (Å²) in [5, 5.41) is 10.7. The second-order valence-corrected chi connectivity index (χ2v) is 6.66. The number of nitrogens with zero attached hydrogens (tertiary/aromatic N) is 2. The Bertz CT molecular complexity index is 1000. The first kappa shape index (κ1) is 19.6. The minimum Gasteiger partial charge on any atom is -0.465 e. The summed E-state index contributed by atoms with van der Waals surface area (Å²) in [5.41, 5.74) is 2.26. The molecule has 0 atom stereocenters. The number of hydrogen-bond acceptors (Lipinski definition) is 7. The molecule has 0 unspecified atom stereocenters. The maximum Gasteiger partial charge on any atom is 0.337 e. The Hall–Kier alpha value is -3.20. The van der Waals surface area contributed by atoms with E-state index in [1.54, 1.807) is 18.2 Å². The normalized spacial score (nSPS) is 10.5. The fourth-order valence-electron chi connectivity index (χ4n) is 2.29. The number of carbonyl (C=O) groups is 2. The largest absolute Gasteiger partial charge is 0.465 e. The Kier molecular flexibility index (Phi) is 6.05. The standard InChI is InChI=1S/C19H16FN3O4S/c1-11-3-4-13(18(25)26-2)9-15(11)21-16(24)10-28-19-23-22-17(27-19)12-5-7-14(20)8-6-12/h3-9H,10H2,1-2H3,(H,21,24). The van der Waals surface area contributed by atoms with E-state index < -0.39 is 5.97 Å². The van der Waals surface area contributed by atoms with Gasteiger partial charge in [-0.05, 0) is 48.9 Å². The van der Waals surface area contributed by atoms with E-state index in [1.807, 2.05) is 6.92 Å². The van der Waals surface area contributed by atoms with Crippen molar-refractivity contribution in [3.63, 3.8) is 0 Å². The van der Waals surface area contributed by atoms with Gasteiger partial charge < -0.3 is 14.5 Å². The first-order valence-electron chi connectivity index (χ1n) is 8.17. The van der Waals surface area contributed by atoms with Crippen molar-refractivity contribution >= 4 is 29.3 Å². The van der Waals surface area contributed by atoms with Crippen molar-refractivity contribution in [2.75, 3.05) is 18.2 Å². The van der Waals surface area contributed by atoms with Gasteiger partial charge in [-0.2, -0.15) is 0 Å². The molecule has 0 saturated heterocycles. The van der Waals surface area contributed by atoms with Crippen molar-refractivity contribution in [3.05, 3.63) is 59.4 Å². The van der Waals surface area contributed by atoms with Crippen LogP contribution in [-0.2, 0) is 9.53 Å². The number of esters is 1. The molecule has 0 fully saturated rings. The molecule has 0 bridgehead atoms. The minimum absolute atomic E-state index is 0.0347. The fourth-order valence-corrected chi connectivity index (χ4v) is 2.86. The molecule has 3 rings (SSSR count). The third-order valence-electron chi connectivity index (χ3n) is 3.76. The lowest BCUT2D eigenvalue weighted by molar-refractivity contribution is -0.113. The monoisotopic (exact) mass is 401 g/mol. The van der Waals surface area contributed by atoms with Gasteiger partial charge in [0.1, 0.15) is 5.82 Å². The van der Waals surface area contributed by atoms with E-state index in [-0.39, 0.29) is 28.6 Å². The highest BCUT2D eigenvalue weighted by Crippen LogP contribution is 2.24. The molecule has 9 heteroatoms. The molecular weight excluding hydrogens is 385 g/mol. The van der Waals surface area contributed by atoms with Gasteiger partial charge in [0.2, 0.25) is 11.8 Å². The van der Waals surface area contributed by atoms with Gasteiger partial charge in [0.25, 0.3) is 5.22 Å². The van der Waals surface area contributed by atoms with E-state index in [0.29, 0.717) is 16.8 Å². The lowest BCUT2D eigenvalue weighted by Crippen LogP contribution is -2.15. The second kappa shape index (κ2) is 8.66. The molecule has 0 aliphatic carbocycles. The van der Waals surface area contributed by atoms with Gasteiger partial charge >= 0.3 is 5.97 Å². The molecule has 0 radical (unpaired) electrons. The summed E-state index contributed by atoms with van der Waals surface area (Å²) in [7, 11) is 1.29. The predicted octanol–water partition coefficient (Wildman–Crippen LogP) is 3.70. The molecule has 3 aromatic rings. The maximum absolute atomic E-state index is 13.0. The number of rotatable bonds is 6. The van der Waals surface area contributed by atoms with Gasteiger partial charge in [-0.1, -0.05) is 17.8 Å². The number of amides is 1. The van der Waals surface area contributed by atoms with Crippen molar-refractivity contribution in [1.29, 1.82) is 0 Å². The Morgan fingerprint density at radius 3 is 2.64 bits per heavy atom. The maximum atomic E-state index is 13.0. The number of aromatic nitrogens is 2. The Labute approximate surface area is 164 Å². The number of nitrogens with one attached hydrogen (secondary N) is 1. The van der Waals surface area contributed by atoms with Crippen molar-refractivity contribution in [2.45, 2.75) is 12.1 Å². The van der Waals surface area contributed by atoms with E-state index >= 15 is 0 Å². The average molecular weight is 401 g/mol. The van der Waals surface area contributed by atoms with Crippen LogP contribution in [0.25, 0.3) is 11.5 Å². The zero-order valence-electron chi connectivity index (χ0n) is 15.1. The van der Waals surface area contributed by atoms with Crippen LogP contribution in [0.5, 0.6) is 0 Å². The molecule has 0 aliphatic rings. The second-order valence-electron chi connectivity index (χ2n) is 5.74. The number of carbonyl (C=O) groups excluding carboxylic acids is 2. The summed E-state index contributed by atoms with van der Waals surface area (Å²) in [6, 6.07) is 10.6. The number of anilines is 1. The van der Waals surface area contributed by atoms with Crippen molar-refractivity contribution in [1.82, 2.24) is 10.2 Å². The molecule has 7 nitrogen and oxygen atoms in total. The number of methoxy groups -OCH3 is 1. The molecule has 2 aromatic carbocycles. The predicted molar refractivity (Wildman–Crippen MR) is 102 cm³/mol. The van der Waals surface area contributed by atoms with Gasteiger partial charge in [0.15, 0.2) is 0 Å². The number of halogens is 1. The van der Waals surface area contributed by atoms with Crippen LogP contribution in [0.15, 0.2) is 52.1 Å². The molecule has 28 heavy (non-hydrogen) atoms. The van der Waals surface area contributed by atoms with Crippen LogP contribution in [0, 0.1) is 12.7 Å². The molecule has 1 N–H and O–H groups in total. The quantitative estimate of drug-likeness (QED) is 0.497. The number of hydrogen-bond donors (Lipinski definition) is 1. The van der Waals surface area contributed by atoms with Gasteiger partial charge in [-0.3, -0.25) is 4.79 Å². The van der Waals surface area contributed by atoms with Gasteiger partial charge in [-0.25, -0.2) is 9.18 Å². The van der Waals surface area contributed by atoms with Crippen molar-refractivity contribution in [3.8, 4) is 11.5 Å². The molecule has 1 heterocycles. The fraction of sp³-hybridized carbons (Fsp3) is 0.158. The molecule has 144 valence electrons. The summed E-state index contributed by atoms with van der Waals surface area (Å²) < 4.78 is 23.1. The zero-order chi connectivity index (χ0) is 20.1. The van der Waals surface area contributed by atoms with E-state index in [4.69, 9.17) is 4.42 Å². The topological polar surface area (TPSA) is 94.3 Å². The van der Waals surface area contributed by atoms with E-state index in [1.165, 1.54) is 31.4 Å². The van der Waals surface area contributed by atoms with E-state index in [9.17, 15) is 14.0 Å². The number of benzene rings is 2. The smallest absolute Gasteiger partial charge is 0.337 e. The van der Waals surface area contributed by atoms with Gasteiger partial charge in [0.05, 0.1) is 18.4 Å². The Morgan fingerprint density at radius 1 is 1.18 bits per heavy atom. The zero-order valence-corrected chi connectivity index (χ0v) is 15.9. The third kappa shape index (κ3) is 4.74. The molecule has 1 aromatic heterocycles. The van der Waals surface area contributed by atoms with Crippen molar-refractivity contribution < 1.29 is 23.1 Å². The van der Waals surface area contributed by atoms with Crippen molar-refractivity contribution in [2.24, 2.45) is 0 Å². The highest BCUT2D eigenvalue weighted by Gasteiger charge is 2.13. The summed E-state index contributed by atoms with van der Waals surface area (Å²) >= 11 is 1.07. The molecule has 0 spiro atoms. The van der Waals surface area contributed by atoms with Crippen LogP contribution >= 0.6 is 11.8 Å². The highest BCUT2D eigenvalue weighted by molar-refractivity contribution is 7.99. The minimum atomic E-state index is -0.482. The number of aryl methyl sites for hydroxylation is 1. The number of thioether (sulfide) groups is 1. The summed E-state index contributed by atoms with van der Waals surface area (Å²) in [6.45, 7) is 1.82. The van der Waals surface area contributed by atoms with Crippen LogP contribution in [0.1, 0.15) is 15.9 Å². The molecule has 0 saturated carbocycles. The van der Waals surface area contributed by atoms with Crippen LogP contribution in [-0.4, -0.2) is 34.9 Å². The average Bonchev–Trinajstić information content (AvgIpc) is 3.17. The first-order chi connectivity index (χ1) is 13.5. The van der Waals surface area contributed by atoms with Crippen LogP contribution in [0.2, 0.25) is 0 Å². The van der Waals surface area contributed by atoms with Gasteiger partial charge in [0, 0.05) is 11.3 Å². The summed E-state index contributed by atoms with van der Waals surface area (Å²) in [4.78, 5) is 23.8. The van der Waals surface area contributed by atoms with Crippen LogP contribution < -0.4 is 5.32 Å². The van der Waals surface area contributed by atoms with E-state index in [0.717, 1.165) is 17.3 Å². The molecule has 1 amide bonds. The third-order valence-corrected chi connectivity index (χ3v) is 4.58. The Morgan fingerprint density at radius 2 is 1.93 bits per heavy atom. The van der Waals surface area contributed by atoms with Crippen LogP contribution in [0.3, 0.4) is 0 Å². The SMILES string of the molecule is COC(=O)c1ccc(C)c(NC(=O)CSc2nnc(-c3ccc(F)cc3)o2)c1. The first-order valence-corrected chi connectivity index (χ1v) is 9.16. The Balaban J connectivity index is 1.61. The molecule has 0 aliphatic heterocycles. The van der Waals surface area contributed by atoms with Crippen LogP contribution in [0.4, 0.5) is 10.1 Å². The summed E-state index contributed by atoms with van der Waals surface area (Å²) in [6.07, 6.45) is 0. The highest BCUT2D eigenvalue weighted by atomic mass is 32.2. The molecular formula is C19H16FN3O4S. The lowest BCUT2D eigenvalue weighted by Gasteiger charge is -2.09. The number of ether oxygens (including phenoxy) is 1. The van der Waals surface area contributed by atoms with E-state index in [2.05, 4.69) is 20.3 Å². The lowest BCUT2D eigenvalue weighted by atomic mass is 10.1.